The molecule has 0 aliphatic carbocycles. The summed E-state index contributed by atoms with van der Waals surface area (Å²) in [5.74, 6) is 0.238. The maximum Gasteiger partial charge on any atom is 0.249 e. The molecule has 0 aromatic heterocycles. The van der Waals surface area contributed by atoms with Crippen LogP contribution in [0.5, 0.6) is 5.75 Å². The Balaban J connectivity index is 2.42. The normalized spacial score (nSPS) is 10.7. The van der Waals surface area contributed by atoms with Gasteiger partial charge in [0.25, 0.3) is 0 Å². The molecule has 0 aliphatic heterocycles. The topological polar surface area (TPSA) is 79.8 Å². The Morgan fingerprint density at radius 3 is 2.67 bits per heavy atom. The molecule has 6 heteroatoms. The lowest BCUT2D eigenvalue weighted by Crippen LogP contribution is -2.32. The third-order valence-corrected chi connectivity index (χ3v) is 2.56. The molecule has 0 bridgehead atoms. The second-order valence-corrected chi connectivity index (χ2v) is 4.91. The van der Waals surface area contributed by atoms with Crippen LogP contribution in [0.3, 0.4) is 0 Å². The number of benzene rings is 1. The molecule has 0 unspecified atom stereocenters. The summed E-state index contributed by atoms with van der Waals surface area (Å²) in [6.45, 7) is 4.52. The highest BCUT2D eigenvalue weighted by molar-refractivity contribution is 5.97. The Kier molecular flexibility index (Phi) is 6.94. The first-order valence-electron chi connectivity index (χ1n) is 6.74. The van der Waals surface area contributed by atoms with Crippen LogP contribution in [0.2, 0.25) is 0 Å². The standard InChI is InChI=1S/C15H21N3O3/c1-11(2)9-16-14(19)8-15(20)18-17-10-12-6-4-5-7-13(12)21-3/h4-7,10-11H,8-9H2,1-3H3,(H,16,19)(H,18,20). The largest absolute Gasteiger partial charge is 0.496 e. The van der Waals surface area contributed by atoms with Gasteiger partial charge in [-0.15, -0.1) is 0 Å². The molecule has 0 fully saturated rings. The van der Waals surface area contributed by atoms with Crippen LogP contribution in [-0.2, 0) is 9.59 Å². The fourth-order valence-corrected chi connectivity index (χ4v) is 1.51. The van der Waals surface area contributed by atoms with Crippen molar-refractivity contribution in [1.29, 1.82) is 0 Å². The minimum Gasteiger partial charge on any atom is -0.496 e. The van der Waals surface area contributed by atoms with Gasteiger partial charge in [-0.2, -0.15) is 5.10 Å². The van der Waals surface area contributed by atoms with Crippen molar-refractivity contribution in [3.8, 4) is 5.75 Å². The number of carbonyl (C=O) groups excluding carboxylic acids is 2. The smallest absolute Gasteiger partial charge is 0.249 e. The van der Waals surface area contributed by atoms with Gasteiger partial charge >= 0.3 is 0 Å². The fraction of sp³-hybridized carbons (Fsp3) is 0.400. The van der Waals surface area contributed by atoms with E-state index in [2.05, 4.69) is 15.8 Å². The van der Waals surface area contributed by atoms with Gasteiger partial charge in [-0.25, -0.2) is 5.43 Å². The van der Waals surface area contributed by atoms with Crippen LogP contribution in [-0.4, -0.2) is 31.7 Å². The summed E-state index contributed by atoms with van der Waals surface area (Å²) in [4.78, 5) is 23.0. The molecule has 1 rings (SSSR count). The minimum absolute atomic E-state index is 0.240. The van der Waals surface area contributed by atoms with E-state index >= 15 is 0 Å². The lowest BCUT2D eigenvalue weighted by Gasteiger charge is -2.06. The summed E-state index contributed by atoms with van der Waals surface area (Å²) in [6, 6.07) is 7.28. The van der Waals surface area contributed by atoms with Gasteiger partial charge in [0.15, 0.2) is 0 Å². The van der Waals surface area contributed by atoms with Crippen molar-refractivity contribution in [2.24, 2.45) is 11.0 Å². The van der Waals surface area contributed by atoms with Gasteiger partial charge in [0.1, 0.15) is 12.2 Å². The van der Waals surface area contributed by atoms with Crippen LogP contribution in [0.1, 0.15) is 25.8 Å². The molecule has 21 heavy (non-hydrogen) atoms. The number of para-hydroxylation sites is 1. The molecule has 6 nitrogen and oxygen atoms in total. The van der Waals surface area contributed by atoms with E-state index in [1.807, 2.05) is 32.0 Å². The highest BCUT2D eigenvalue weighted by Crippen LogP contribution is 2.14. The number of hydrazone groups is 1. The fourth-order valence-electron chi connectivity index (χ4n) is 1.51. The molecule has 1 aromatic carbocycles. The zero-order chi connectivity index (χ0) is 15.7. The number of amides is 2. The van der Waals surface area contributed by atoms with Crippen LogP contribution in [0.25, 0.3) is 0 Å². The van der Waals surface area contributed by atoms with Crippen molar-refractivity contribution in [3.63, 3.8) is 0 Å². The quantitative estimate of drug-likeness (QED) is 0.451. The lowest BCUT2D eigenvalue weighted by molar-refractivity contribution is -0.129. The molecule has 0 heterocycles. The van der Waals surface area contributed by atoms with E-state index in [0.29, 0.717) is 18.2 Å². The summed E-state index contributed by atoms with van der Waals surface area (Å²) in [5, 5.41) is 6.48. The second kappa shape index (κ2) is 8.73. The monoisotopic (exact) mass is 291 g/mol. The molecule has 1 aromatic rings. The van der Waals surface area contributed by atoms with Crippen LogP contribution in [0.15, 0.2) is 29.4 Å². The molecule has 0 aliphatic rings. The van der Waals surface area contributed by atoms with Crippen molar-refractivity contribution in [3.05, 3.63) is 29.8 Å². The number of hydrogen-bond donors (Lipinski definition) is 2. The number of nitrogens with one attached hydrogen (secondary N) is 2. The number of hydrogen-bond acceptors (Lipinski definition) is 4. The Bertz CT molecular complexity index is 513. The van der Waals surface area contributed by atoms with E-state index in [1.165, 1.54) is 6.21 Å². The predicted molar refractivity (Wildman–Crippen MR) is 81.2 cm³/mol. The summed E-state index contributed by atoms with van der Waals surface area (Å²) < 4.78 is 5.15. The Labute approximate surface area is 124 Å². The van der Waals surface area contributed by atoms with Gasteiger partial charge in [-0.1, -0.05) is 26.0 Å². The van der Waals surface area contributed by atoms with Gasteiger partial charge in [-0.3, -0.25) is 9.59 Å². The summed E-state index contributed by atoms with van der Waals surface area (Å²) in [5.41, 5.74) is 3.06. The molecule has 0 saturated carbocycles. The molecule has 2 amide bonds. The van der Waals surface area contributed by atoms with Crippen molar-refractivity contribution < 1.29 is 14.3 Å². The van der Waals surface area contributed by atoms with Crippen LogP contribution < -0.4 is 15.5 Å². The minimum atomic E-state index is -0.456. The van der Waals surface area contributed by atoms with E-state index < -0.39 is 5.91 Å². The first-order valence-corrected chi connectivity index (χ1v) is 6.74. The number of carbonyl (C=O) groups is 2. The van der Waals surface area contributed by atoms with E-state index in [1.54, 1.807) is 13.2 Å². The first-order chi connectivity index (χ1) is 10.0. The summed E-state index contributed by atoms with van der Waals surface area (Å²) in [7, 11) is 1.56. The SMILES string of the molecule is COc1ccccc1C=NNC(=O)CC(=O)NCC(C)C. The van der Waals surface area contributed by atoms with Crippen molar-refractivity contribution in [2.45, 2.75) is 20.3 Å². The van der Waals surface area contributed by atoms with Crippen LogP contribution in [0, 0.1) is 5.92 Å². The zero-order valence-electron chi connectivity index (χ0n) is 12.6. The van der Waals surface area contributed by atoms with Crippen molar-refractivity contribution in [2.75, 3.05) is 13.7 Å². The molecule has 0 atom stereocenters. The zero-order valence-corrected chi connectivity index (χ0v) is 12.6. The maximum absolute atomic E-state index is 11.5. The number of nitrogens with zero attached hydrogens (tertiary/aromatic N) is 1. The average molecular weight is 291 g/mol. The maximum atomic E-state index is 11.5. The third kappa shape index (κ3) is 6.56. The average Bonchev–Trinajstić information content (AvgIpc) is 2.45. The van der Waals surface area contributed by atoms with E-state index in [4.69, 9.17) is 4.74 Å². The van der Waals surface area contributed by atoms with E-state index in [-0.39, 0.29) is 12.3 Å². The van der Waals surface area contributed by atoms with Crippen LogP contribution >= 0.6 is 0 Å². The van der Waals surface area contributed by atoms with Gasteiger partial charge in [-0.05, 0) is 18.1 Å². The van der Waals surface area contributed by atoms with Crippen LogP contribution in [0.4, 0.5) is 0 Å². The molecule has 114 valence electrons. The molecule has 0 spiro atoms. The number of methoxy groups -OCH3 is 1. The van der Waals surface area contributed by atoms with E-state index in [9.17, 15) is 9.59 Å². The molecule has 0 radical (unpaired) electrons. The Morgan fingerprint density at radius 2 is 2.00 bits per heavy atom. The number of ether oxygens (including phenoxy) is 1. The second-order valence-electron chi connectivity index (χ2n) is 4.91. The van der Waals surface area contributed by atoms with Crippen molar-refractivity contribution >= 4 is 18.0 Å². The van der Waals surface area contributed by atoms with Gasteiger partial charge < -0.3 is 10.1 Å². The highest BCUT2D eigenvalue weighted by Gasteiger charge is 2.08. The molecular weight excluding hydrogens is 270 g/mol. The summed E-state index contributed by atoms with van der Waals surface area (Å²) >= 11 is 0. The summed E-state index contributed by atoms with van der Waals surface area (Å²) in [6.07, 6.45) is 1.23. The molecule has 2 N–H and O–H groups in total. The van der Waals surface area contributed by atoms with E-state index in [0.717, 1.165) is 5.56 Å². The Morgan fingerprint density at radius 1 is 1.29 bits per heavy atom. The van der Waals surface area contributed by atoms with Crippen molar-refractivity contribution in [1.82, 2.24) is 10.7 Å². The van der Waals surface area contributed by atoms with Gasteiger partial charge in [0, 0.05) is 12.1 Å². The lowest BCUT2D eigenvalue weighted by atomic mass is 10.2. The first kappa shape index (κ1) is 16.7. The molecule has 0 saturated heterocycles. The molecular formula is C15H21N3O3. The van der Waals surface area contributed by atoms with Gasteiger partial charge in [0.05, 0.1) is 13.3 Å². The highest BCUT2D eigenvalue weighted by atomic mass is 16.5. The third-order valence-electron chi connectivity index (χ3n) is 2.56. The van der Waals surface area contributed by atoms with Gasteiger partial charge in [0.2, 0.25) is 11.8 Å². The Hall–Kier alpha value is -2.37. The number of rotatable bonds is 7. The predicted octanol–water partition coefficient (Wildman–Crippen LogP) is 1.31.